The molecule has 0 aliphatic heterocycles. The highest BCUT2D eigenvalue weighted by Gasteiger charge is 2.36. The lowest BCUT2D eigenvalue weighted by Crippen LogP contribution is -2.23. The number of pyridine rings is 3. The molecule has 144 valence electrons. The Hall–Kier alpha value is -3.29. The zero-order valence-electron chi connectivity index (χ0n) is 15.0. The van der Waals surface area contributed by atoms with E-state index >= 15 is 0 Å². The van der Waals surface area contributed by atoms with Crippen molar-refractivity contribution in [1.82, 2.24) is 15.0 Å². The van der Waals surface area contributed by atoms with Crippen LogP contribution in [0.2, 0.25) is 0 Å². The number of aromatic carboxylic acids is 1. The van der Waals surface area contributed by atoms with Gasteiger partial charge >= 0.3 is 12.1 Å². The Morgan fingerprint density at radius 3 is 2.21 bits per heavy atom. The number of alkyl halides is 3. The lowest BCUT2D eigenvalue weighted by molar-refractivity contribution is -0.140. The Labute approximate surface area is 158 Å². The predicted octanol–water partition coefficient (Wildman–Crippen LogP) is 4.58. The van der Waals surface area contributed by atoms with Gasteiger partial charge in [-0.05, 0) is 50.2 Å². The third-order valence-electron chi connectivity index (χ3n) is 4.35. The van der Waals surface area contributed by atoms with Gasteiger partial charge in [-0.1, -0.05) is 12.1 Å². The first-order chi connectivity index (χ1) is 13.1. The van der Waals surface area contributed by atoms with E-state index in [0.29, 0.717) is 11.4 Å². The topological polar surface area (TPSA) is 76.0 Å². The molecule has 0 saturated heterocycles. The minimum Gasteiger partial charge on any atom is -0.477 e. The number of carboxylic acid groups (broad SMARTS) is 1. The summed E-state index contributed by atoms with van der Waals surface area (Å²) in [6.07, 6.45) is -3.53. The summed E-state index contributed by atoms with van der Waals surface area (Å²) >= 11 is 0. The quantitative estimate of drug-likeness (QED) is 0.709. The van der Waals surface area contributed by atoms with Gasteiger partial charge in [-0.3, -0.25) is 9.97 Å². The van der Waals surface area contributed by atoms with Gasteiger partial charge in [0.15, 0.2) is 5.69 Å². The summed E-state index contributed by atoms with van der Waals surface area (Å²) in [5.74, 6) is -1.16. The predicted molar refractivity (Wildman–Crippen MR) is 95.8 cm³/mol. The number of halogens is 3. The molecule has 0 bridgehead atoms. The fourth-order valence-corrected chi connectivity index (χ4v) is 2.80. The second-order valence-electron chi connectivity index (χ2n) is 6.64. The number of aromatic nitrogens is 3. The highest BCUT2D eigenvalue weighted by atomic mass is 19.4. The van der Waals surface area contributed by atoms with Crippen LogP contribution in [0.25, 0.3) is 11.3 Å². The molecule has 3 aromatic rings. The molecule has 3 heterocycles. The van der Waals surface area contributed by atoms with E-state index in [1.807, 2.05) is 0 Å². The van der Waals surface area contributed by atoms with E-state index in [4.69, 9.17) is 5.11 Å². The zero-order valence-corrected chi connectivity index (χ0v) is 15.0. The summed E-state index contributed by atoms with van der Waals surface area (Å²) in [6.45, 7) is 3.56. The van der Waals surface area contributed by atoms with Crippen molar-refractivity contribution >= 4 is 5.97 Å². The second kappa shape index (κ2) is 7.03. The Balaban J connectivity index is 2.10. The molecule has 3 rings (SSSR count). The monoisotopic (exact) mass is 387 g/mol. The summed E-state index contributed by atoms with van der Waals surface area (Å²) in [6, 6.07) is 12.1. The van der Waals surface area contributed by atoms with Gasteiger partial charge in [0.1, 0.15) is 5.69 Å². The molecular weight excluding hydrogens is 371 g/mol. The standard InChI is InChI=1S/C20H16F3N3O2/c1-19(2,16-10-4-8-14(26-16)18(27)28)15-9-3-7-13(25-15)12-6-5-11-24-17(12)20(21,22)23/h3-11H,1-2H3,(H,27,28). The van der Waals surface area contributed by atoms with Crippen molar-refractivity contribution in [1.29, 1.82) is 0 Å². The van der Waals surface area contributed by atoms with Crippen LogP contribution < -0.4 is 0 Å². The van der Waals surface area contributed by atoms with Crippen LogP contribution in [0.3, 0.4) is 0 Å². The third-order valence-corrected chi connectivity index (χ3v) is 4.35. The average molecular weight is 387 g/mol. The van der Waals surface area contributed by atoms with Gasteiger partial charge in [0.25, 0.3) is 0 Å². The van der Waals surface area contributed by atoms with Crippen molar-refractivity contribution < 1.29 is 23.1 Å². The fraction of sp³-hybridized carbons (Fsp3) is 0.200. The summed E-state index contributed by atoms with van der Waals surface area (Å²) in [5.41, 5.74) is -1.06. The smallest absolute Gasteiger partial charge is 0.434 e. The second-order valence-corrected chi connectivity index (χ2v) is 6.64. The third kappa shape index (κ3) is 3.71. The van der Waals surface area contributed by atoms with Crippen molar-refractivity contribution in [2.75, 3.05) is 0 Å². The maximum absolute atomic E-state index is 13.3. The van der Waals surface area contributed by atoms with E-state index in [1.165, 1.54) is 24.3 Å². The van der Waals surface area contributed by atoms with Crippen molar-refractivity contribution in [3.63, 3.8) is 0 Å². The Kier molecular flexibility index (Phi) is 4.89. The van der Waals surface area contributed by atoms with E-state index in [9.17, 15) is 18.0 Å². The van der Waals surface area contributed by atoms with E-state index < -0.39 is 23.3 Å². The van der Waals surface area contributed by atoms with Gasteiger partial charge in [-0.15, -0.1) is 0 Å². The molecule has 0 fully saturated rings. The van der Waals surface area contributed by atoms with Crippen LogP contribution in [0.4, 0.5) is 13.2 Å². The molecule has 0 saturated carbocycles. The van der Waals surface area contributed by atoms with Crippen molar-refractivity contribution in [3.8, 4) is 11.3 Å². The highest BCUT2D eigenvalue weighted by Crippen LogP contribution is 2.36. The molecule has 0 spiro atoms. The van der Waals surface area contributed by atoms with Gasteiger partial charge in [-0.2, -0.15) is 13.2 Å². The van der Waals surface area contributed by atoms with Crippen LogP contribution in [0.15, 0.2) is 54.7 Å². The average Bonchev–Trinajstić information content (AvgIpc) is 2.67. The van der Waals surface area contributed by atoms with E-state index in [-0.39, 0.29) is 17.0 Å². The first kappa shape index (κ1) is 19.5. The van der Waals surface area contributed by atoms with Gasteiger partial charge in [0.2, 0.25) is 0 Å². The molecule has 1 N–H and O–H groups in total. The first-order valence-electron chi connectivity index (χ1n) is 8.31. The first-order valence-corrected chi connectivity index (χ1v) is 8.31. The molecule has 5 nitrogen and oxygen atoms in total. The number of hydrogen-bond acceptors (Lipinski definition) is 4. The summed E-state index contributed by atoms with van der Waals surface area (Å²) in [5, 5.41) is 9.15. The Morgan fingerprint density at radius 2 is 1.57 bits per heavy atom. The molecule has 0 atom stereocenters. The van der Waals surface area contributed by atoms with Gasteiger partial charge in [-0.25, -0.2) is 9.78 Å². The minimum absolute atomic E-state index is 0.117. The maximum atomic E-state index is 13.3. The van der Waals surface area contributed by atoms with Crippen LogP contribution in [-0.2, 0) is 11.6 Å². The van der Waals surface area contributed by atoms with Gasteiger partial charge < -0.3 is 5.11 Å². The van der Waals surface area contributed by atoms with Crippen molar-refractivity contribution in [2.24, 2.45) is 0 Å². The Morgan fingerprint density at radius 1 is 0.929 bits per heavy atom. The van der Waals surface area contributed by atoms with Crippen LogP contribution >= 0.6 is 0 Å². The summed E-state index contributed by atoms with van der Waals surface area (Å²) in [7, 11) is 0. The molecular formula is C20H16F3N3O2. The molecule has 8 heteroatoms. The lowest BCUT2D eigenvalue weighted by atomic mass is 9.84. The molecule has 0 aliphatic carbocycles. The normalized spacial score (nSPS) is 12.0. The maximum Gasteiger partial charge on any atom is 0.434 e. The largest absolute Gasteiger partial charge is 0.477 e. The van der Waals surface area contributed by atoms with Crippen LogP contribution in [0.5, 0.6) is 0 Å². The molecule has 28 heavy (non-hydrogen) atoms. The number of rotatable bonds is 4. The van der Waals surface area contributed by atoms with Crippen molar-refractivity contribution in [2.45, 2.75) is 25.4 Å². The van der Waals surface area contributed by atoms with Crippen LogP contribution in [0.1, 0.15) is 41.4 Å². The van der Waals surface area contributed by atoms with Gasteiger partial charge in [0.05, 0.1) is 17.1 Å². The zero-order chi connectivity index (χ0) is 20.5. The van der Waals surface area contributed by atoms with Gasteiger partial charge in [0, 0.05) is 17.2 Å². The summed E-state index contributed by atoms with van der Waals surface area (Å²) < 4.78 is 39.9. The molecule has 0 unspecified atom stereocenters. The summed E-state index contributed by atoms with van der Waals surface area (Å²) in [4.78, 5) is 23.2. The molecule has 0 aromatic carbocycles. The SMILES string of the molecule is CC(C)(c1cccc(C(=O)O)n1)c1cccc(-c2cccnc2C(F)(F)F)n1. The molecule has 3 aromatic heterocycles. The molecule has 0 amide bonds. The van der Waals surface area contributed by atoms with Crippen LogP contribution in [0, 0.1) is 0 Å². The lowest BCUT2D eigenvalue weighted by Gasteiger charge is -2.24. The van der Waals surface area contributed by atoms with E-state index in [2.05, 4.69) is 15.0 Å². The molecule has 0 radical (unpaired) electrons. The molecule has 0 aliphatic rings. The van der Waals surface area contributed by atoms with E-state index in [1.54, 1.807) is 38.1 Å². The minimum atomic E-state index is -4.61. The fourth-order valence-electron chi connectivity index (χ4n) is 2.80. The van der Waals surface area contributed by atoms with Crippen LogP contribution in [-0.4, -0.2) is 26.0 Å². The highest BCUT2D eigenvalue weighted by molar-refractivity contribution is 5.85. The number of carbonyl (C=O) groups is 1. The van der Waals surface area contributed by atoms with Crippen molar-refractivity contribution in [3.05, 3.63) is 77.5 Å². The number of hydrogen-bond donors (Lipinski definition) is 1. The number of nitrogens with zero attached hydrogens (tertiary/aromatic N) is 3. The van der Waals surface area contributed by atoms with E-state index in [0.717, 1.165) is 6.20 Å². The Bertz CT molecular complexity index is 1030. The number of carboxylic acids is 1.